The summed E-state index contributed by atoms with van der Waals surface area (Å²) in [6.45, 7) is 4.00. The van der Waals surface area contributed by atoms with Gasteiger partial charge in [0.05, 0.1) is 6.42 Å². The van der Waals surface area contributed by atoms with Crippen LogP contribution in [0.2, 0.25) is 0 Å². The molecule has 2 atom stereocenters. The van der Waals surface area contributed by atoms with Gasteiger partial charge in [0, 0.05) is 18.6 Å². The van der Waals surface area contributed by atoms with Crippen molar-refractivity contribution in [1.29, 1.82) is 0 Å². The lowest BCUT2D eigenvalue weighted by atomic mass is 10.0. The van der Waals surface area contributed by atoms with Crippen LogP contribution in [-0.2, 0) is 4.79 Å². The standard InChI is InChI=1S/C10H20N2O2/c1-8(6-10(13)14)12-5-3-4-9(7-12)11-2/h8-9,11H,3-7H2,1-2H3,(H,13,14). The van der Waals surface area contributed by atoms with Gasteiger partial charge in [-0.1, -0.05) is 0 Å². The number of rotatable bonds is 4. The number of carbonyl (C=O) groups is 1. The first-order chi connectivity index (χ1) is 6.63. The first kappa shape index (κ1) is 11.5. The number of hydrogen-bond donors (Lipinski definition) is 2. The lowest BCUT2D eigenvalue weighted by Gasteiger charge is -2.36. The van der Waals surface area contributed by atoms with E-state index in [2.05, 4.69) is 10.2 Å². The Morgan fingerprint density at radius 3 is 3.00 bits per heavy atom. The summed E-state index contributed by atoms with van der Waals surface area (Å²) in [6.07, 6.45) is 2.61. The molecule has 82 valence electrons. The van der Waals surface area contributed by atoms with Crippen LogP contribution in [0.15, 0.2) is 0 Å². The fourth-order valence-corrected chi connectivity index (χ4v) is 2.02. The molecule has 0 bridgehead atoms. The maximum absolute atomic E-state index is 10.6. The van der Waals surface area contributed by atoms with Crippen molar-refractivity contribution < 1.29 is 9.90 Å². The Morgan fingerprint density at radius 2 is 2.43 bits per heavy atom. The lowest BCUT2D eigenvalue weighted by molar-refractivity contribution is -0.138. The molecule has 14 heavy (non-hydrogen) atoms. The Balaban J connectivity index is 2.38. The molecule has 2 N–H and O–H groups in total. The molecule has 0 aliphatic carbocycles. The Bertz CT molecular complexity index is 197. The number of carboxylic acid groups (broad SMARTS) is 1. The second-order valence-corrected chi connectivity index (χ2v) is 4.07. The van der Waals surface area contributed by atoms with Crippen LogP contribution in [0.3, 0.4) is 0 Å². The molecule has 4 nitrogen and oxygen atoms in total. The minimum absolute atomic E-state index is 0.156. The number of likely N-dealkylation sites (tertiary alicyclic amines) is 1. The highest BCUT2D eigenvalue weighted by Gasteiger charge is 2.23. The lowest BCUT2D eigenvalue weighted by Crippen LogP contribution is -2.48. The highest BCUT2D eigenvalue weighted by Crippen LogP contribution is 2.14. The summed E-state index contributed by atoms with van der Waals surface area (Å²) in [7, 11) is 1.97. The quantitative estimate of drug-likeness (QED) is 0.695. The minimum Gasteiger partial charge on any atom is -0.481 e. The summed E-state index contributed by atoms with van der Waals surface area (Å²) < 4.78 is 0. The maximum atomic E-state index is 10.6. The van der Waals surface area contributed by atoms with Gasteiger partial charge >= 0.3 is 5.97 Å². The summed E-state index contributed by atoms with van der Waals surface area (Å²) in [5.41, 5.74) is 0. The molecule has 1 rings (SSSR count). The normalized spacial score (nSPS) is 26.0. The van der Waals surface area contributed by atoms with E-state index in [4.69, 9.17) is 5.11 Å². The van der Waals surface area contributed by atoms with Crippen LogP contribution in [-0.4, -0.2) is 48.2 Å². The van der Waals surface area contributed by atoms with Gasteiger partial charge in [0.1, 0.15) is 0 Å². The number of nitrogens with zero attached hydrogens (tertiary/aromatic N) is 1. The van der Waals surface area contributed by atoms with Gasteiger partial charge in [0.25, 0.3) is 0 Å². The van der Waals surface area contributed by atoms with Gasteiger partial charge in [-0.3, -0.25) is 9.69 Å². The third-order valence-electron chi connectivity index (χ3n) is 2.95. The molecule has 0 aromatic carbocycles. The van der Waals surface area contributed by atoms with Crippen molar-refractivity contribution in [2.24, 2.45) is 0 Å². The van der Waals surface area contributed by atoms with E-state index < -0.39 is 5.97 Å². The van der Waals surface area contributed by atoms with E-state index in [1.807, 2.05) is 14.0 Å². The van der Waals surface area contributed by atoms with E-state index >= 15 is 0 Å². The third kappa shape index (κ3) is 3.27. The maximum Gasteiger partial charge on any atom is 0.304 e. The number of likely N-dealkylation sites (N-methyl/N-ethyl adjacent to an activating group) is 1. The van der Waals surface area contributed by atoms with Crippen LogP contribution in [0.4, 0.5) is 0 Å². The Morgan fingerprint density at radius 1 is 1.71 bits per heavy atom. The Labute approximate surface area is 85.3 Å². The predicted octanol–water partition coefficient (Wildman–Crippen LogP) is 0.533. The zero-order valence-electron chi connectivity index (χ0n) is 8.99. The predicted molar refractivity (Wildman–Crippen MR) is 55.4 cm³/mol. The van der Waals surface area contributed by atoms with Crippen LogP contribution in [0, 0.1) is 0 Å². The van der Waals surface area contributed by atoms with E-state index in [0.717, 1.165) is 19.5 Å². The van der Waals surface area contributed by atoms with Gasteiger partial charge in [-0.2, -0.15) is 0 Å². The molecule has 0 saturated carbocycles. The van der Waals surface area contributed by atoms with Crippen LogP contribution < -0.4 is 5.32 Å². The van der Waals surface area contributed by atoms with E-state index in [-0.39, 0.29) is 12.5 Å². The molecule has 0 amide bonds. The van der Waals surface area contributed by atoms with Gasteiger partial charge in [-0.05, 0) is 33.4 Å². The molecule has 1 aliphatic rings. The molecule has 4 heteroatoms. The summed E-state index contributed by atoms with van der Waals surface area (Å²) in [6, 6.07) is 0.684. The van der Waals surface area contributed by atoms with Crippen LogP contribution >= 0.6 is 0 Å². The monoisotopic (exact) mass is 200 g/mol. The number of carboxylic acids is 1. The van der Waals surface area contributed by atoms with Crippen molar-refractivity contribution >= 4 is 5.97 Å². The van der Waals surface area contributed by atoms with Crippen molar-refractivity contribution in [3.63, 3.8) is 0 Å². The molecule has 1 fully saturated rings. The van der Waals surface area contributed by atoms with Crippen LogP contribution in [0.25, 0.3) is 0 Å². The molecule has 0 spiro atoms. The highest BCUT2D eigenvalue weighted by molar-refractivity contribution is 5.67. The topological polar surface area (TPSA) is 52.6 Å². The van der Waals surface area contributed by atoms with E-state index in [9.17, 15) is 4.79 Å². The summed E-state index contributed by atoms with van der Waals surface area (Å²) in [5.74, 6) is -0.705. The Hall–Kier alpha value is -0.610. The highest BCUT2D eigenvalue weighted by atomic mass is 16.4. The SMILES string of the molecule is CNC1CCCN(C(C)CC(=O)O)C1. The van der Waals surface area contributed by atoms with Crippen molar-refractivity contribution in [2.45, 2.75) is 38.3 Å². The average Bonchev–Trinajstić information content (AvgIpc) is 2.17. The second-order valence-electron chi connectivity index (χ2n) is 4.07. The number of nitrogens with one attached hydrogen (secondary N) is 1. The molecule has 0 aromatic heterocycles. The summed E-state index contributed by atoms with van der Waals surface area (Å²) in [4.78, 5) is 12.8. The summed E-state index contributed by atoms with van der Waals surface area (Å²) >= 11 is 0. The number of aliphatic carboxylic acids is 1. The molecular weight excluding hydrogens is 180 g/mol. The van der Waals surface area contributed by atoms with E-state index in [1.54, 1.807) is 0 Å². The fourth-order valence-electron chi connectivity index (χ4n) is 2.02. The van der Waals surface area contributed by atoms with Crippen molar-refractivity contribution in [2.75, 3.05) is 20.1 Å². The zero-order chi connectivity index (χ0) is 10.6. The molecule has 0 radical (unpaired) electrons. The third-order valence-corrected chi connectivity index (χ3v) is 2.95. The number of piperidine rings is 1. The first-order valence-corrected chi connectivity index (χ1v) is 5.26. The van der Waals surface area contributed by atoms with Gasteiger partial charge in [0.2, 0.25) is 0 Å². The van der Waals surface area contributed by atoms with E-state index in [1.165, 1.54) is 6.42 Å². The van der Waals surface area contributed by atoms with Crippen molar-refractivity contribution in [3.05, 3.63) is 0 Å². The molecule has 1 saturated heterocycles. The van der Waals surface area contributed by atoms with E-state index in [0.29, 0.717) is 6.04 Å². The van der Waals surface area contributed by atoms with Crippen molar-refractivity contribution in [1.82, 2.24) is 10.2 Å². The zero-order valence-corrected chi connectivity index (χ0v) is 8.99. The fraction of sp³-hybridized carbons (Fsp3) is 0.900. The number of hydrogen-bond acceptors (Lipinski definition) is 3. The molecule has 1 aliphatic heterocycles. The molecule has 2 unspecified atom stereocenters. The van der Waals surface area contributed by atoms with Gasteiger partial charge in [-0.15, -0.1) is 0 Å². The van der Waals surface area contributed by atoms with Gasteiger partial charge < -0.3 is 10.4 Å². The molecule has 1 heterocycles. The smallest absolute Gasteiger partial charge is 0.304 e. The van der Waals surface area contributed by atoms with Crippen LogP contribution in [0.5, 0.6) is 0 Å². The Kier molecular flexibility index (Phi) is 4.35. The van der Waals surface area contributed by atoms with Crippen molar-refractivity contribution in [3.8, 4) is 0 Å². The molecule has 0 aromatic rings. The summed E-state index contributed by atoms with van der Waals surface area (Å²) in [5, 5.41) is 11.9. The molecular formula is C10H20N2O2. The average molecular weight is 200 g/mol. The second kappa shape index (κ2) is 5.32. The largest absolute Gasteiger partial charge is 0.481 e. The van der Waals surface area contributed by atoms with Gasteiger partial charge in [0.15, 0.2) is 0 Å². The van der Waals surface area contributed by atoms with Crippen LogP contribution in [0.1, 0.15) is 26.2 Å². The van der Waals surface area contributed by atoms with Gasteiger partial charge in [-0.25, -0.2) is 0 Å². The first-order valence-electron chi connectivity index (χ1n) is 5.26. The minimum atomic E-state index is -0.705.